The highest BCUT2D eigenvalue weighted by atomic mass is 79.9. The van der Waals surface area contributed by atoms with Gasteiger partial charge in [0, 0.05) is 22.5 Å². The van der Waals surface area contributed by atoms with Gasteiger partial charge < -0.3 is 5.32 Å². The Kier molecular flexibility index (Phi) is 6.31. The molecule has 0 aliphatic carbocycles. The molecule has 0 aromatic heterocycles. The van der Waals surface area contributed by atoms with Crippen LogP contribution in [-0.2, 0) is 0 Å². The van der Waals surface area contributed by atoms with Gasteiger partial charge in [0.2, 0.25) is 0 Å². The first-order valence-corrected chi connectivity index (χ1v) is 6.66. The van der Waals surface area contributed by atoms with Crippen molar-refractivity contribution >= 4 is 15.9 Å². The largest absolute Gasteiger partial charge is 0.310 e. The number of hydrogen-bond donors (Lipinski definition) is 1. The zero-order valence-electron chi connectivity index (χ0n) is 10.5. The molecule has 0 aliphatic rings. The average Bonchev–Trinajstić information content (AvgIpc) is 2.28. The molecule has 0 bridgehead atoms. The van der Waals surface area contributed by atoms with Crippen LogP contribution in [0.1, 0.15) is 38.3 Å². The van der Waals surface area contributed by atoms with E-state index in [1.807, 2.05) is 6.92 Å². The molecular weight excluding hydrogens is 300 g/mol. The van der Waals surface area contributed by atoms with E-state index in [0.29, 0.717) is 23.9 Å². The number of nitrogens with one attached hydrogen (secondary N) is 1. The fraction of sp³-hybridized carbons (Fsp3) is 0.429. The van der Waals surface area contributed by atoms with Gasteiger partial charge in [-0.15, -0.1) is 11.8 Å². The zero-order valence-corrected chi connectivity index (χ0v) is 12.1. The molecule has 0 heterocycles. The molecule has 1 nitrogen and oxygen atoms in total. The van der Waals surface area contributed by atoms with E-state index in [1.165, 1.54) is 12.1 Å². The minimum atomic E-state index is -0.530. The number of halogens is 3. The summed E-state index contributed by atoms with van der Waals surface area (Å²) in [6.07, 6.45) is 1.20. The van der Waals surface area contributed by atoms with Crippen molar-refractivity contribution in [1.82, 2.24) is 5.32 Å². The Morgan fingerprint density at radius 1 is 1.33 bits per heavy atom. The van der Waals surface area contributed by atoms with Crippen LogP contribution < -0.4 is 5.32 Å². The summed E-state index contributed by atoms with van der Waals surface area (Å²) in [7, 11) is 0. The smallest absolute Gasteiger partial charge is 0.132 e. The molecule has 1 aromatic carbocycles. The van der Waals surface area contributed by atoms with E-state index in [2.05, 4.69) is 33.1 Å². The van der Waals surface area contributed by atoms with E-state index in [-0.39, 0.29) is 11.6 Å². The van der Waals surface area contributed by atoms with Gasteiger partial charge in [0.05, 0.1) is 0 Å². The van der Waals surface area contributed by atoms with E-state index < -0.39 is 11.6 Å². The van der Waals surface area contributed by atoms with Crippen LogP contribution in [-0.4, -0.2) is 6.54 Å². The summed E-state index contributed by atoms with van der Waals surface area (Å²) in [5.74, 6) is 4.63. The second-order valence-electron chi connectivity index (χ2n) is 3.86. The minimum absolute atomic E-state index is 0.0953. The second kappa shape index (κ2) is 7.50. The van der Waals surface area contributed by atoms with Crippen LogP contribution in [0.15, 0.2) is 16.6 Å². The van der Waals surface area contributed by atoms with E-state index >= 15 is 0 Å². The second-order valence-corrected chi connectivity index (χ2v) is 4.77. The van der Waals surface area contributed by atoms with Crippen LogP contribution >= 0.6 is 15.9 Å². The van der Waals surface area contributed by atoms with Crippen LogP contribution in [0.3, 0.4) is 0 Å². The Morgan fingerprint density at radius 3 is 2.44 bits per heavy atom. The molecule has 1 atom stereocenters. The fourth-order valence-corrected chi connectivity index (χ4v) is 2.22. The van der Waals surface area contributed by atoms with Crippen LogP contribution in [0.4, 0.5) is 8.78 Å². The Balaban J connectivity index is 2.99. The molecule has 0 amide bonds. The molecule has 18 heavy (non-hydrogen) atoms. The molecular formula is C14H16BrF2N. The molecule has 98 valence electrons. The third kappa shape index (κ3) is 4.08. The summed E-state index contributed by atoms with van der Waals surface area (Å²) in [5.41, 5.74) is 0.0953. The lowest BCUT2D eigenvalue weighted by Gasteiger charge is -2.19. The maximum absolute atomic E-state index is 13.8. The zero-order chi connectivity index (χ0) is 13.5. The lowest BCUT2D eigenvalue weighted by atomic mass is 10.0. The third-order valence-corrected chi connectivity index (χ3v) is 3.04. The van der Waals surface area contributed by atoms with Crippen molar-refractivity contribution in [2.45, 2.75) is 32.7 Å². The first-order chi connectivity index (χ1) is 8.60. The monoisotopic (exact) mass is 315 g/mol. The predicted molar refractivity (Wildman–Crippen MR) is 73.2 cm³/mol. The Hall–Kier alpha value is -0.920. The fourth-order valence-electron chi connectivity index (χ4n) is 1.82. The normalized spacial score (nSPS) is 11.8. The van der Waals surface area contributed by atoms with Crippen molar-refractivity contribution in [3.8, 4) is 11.8 Å². The lowest BCUT2D eigenvalue weighted by molar-refractivity contribution is 0.458. The predicted octanol–water partition coefficient (Wildman–Crippen LogP) is 4.18. The molecule has 0 spiro atoms. The van der Waals surface area contributed by atoms with E-state index in [9.17, 15) is 8.78 Å². The van der Waals surface area contributed by atoms with Gasteiger partial charge in [0.25, 0.3) is 0 Å². The van der Waals surface area contributed by atoms with Gasteiger partial charge in [-0.25, -0.2) is 8.78 Å². The summed E-state index contributed by atoms with van der Waals surface area (Å²) in [6.45, 7) is 4.31. The van der Waals surface area contributed by atoms with Gasteiger partial charge >= 0.3 is 0 Å². The molecule has 0 radical (unpaired) electrons. The summed E-state index contributed by atoms with van der Waals surface area (Å²) >= 11 is 3.08. The van der Waals surface area contributed by atoms with Gasteiger partial charge in [0.1, 0.15) is 11.6 Å². The number of rotatable bonds is 5. The van der Waals surface area contributed by atoms with Crippen molar-refractivity contribution in [3.05, 3.63) is 33.8 Å². The van der Waals surface area contributed by atoms with Gasteiger partial charge in [-0.2, -0.15) is 0 Å². The Labute approximate surface area is 115 Å². The molecule has 1 unspecified atom stereocenters. The molecule has 1 rings (SSSR count). The Morgan fingerprint density at radius 2 is 1.94 bits per heavy atom. The summed E-state index contributed by atoms with van der Waals surface area (Å²) in [6, 6.07) is 2.23. The van der Waals surface area contributed by atoms with Crippen LogP contribution in [0.2, 0.25) is 0 Å². The highest BCUT2D eigenvalue weighted by Gasteiger charge is 2.19. The number of benzene rings is 1. The van der Waals surface area contributed by atoms with Crippen molar-refractivity contribution in [3.63, 3.8) is 0 Å². The van der Waals surface area contributed by atoms with Crippen molar-refractivity contribution in [2.24, 2.45) is 0 Å². The molecule has 4 heteroatoms. The van der Waals surface area contributed by atoms with E-state index in [1.54, 1.807) is 6.92 Å². The molecule has 0 saturated carbocycles. The van der Waals surface area contributed by atoms with Gasteiger partial charge in [-0.3, -0.25) is 0 Å². The summed E-state index contributed by atoms with van der Waals surface area (Å²) < 4.78 is 28.1. The van der Waals surface area contributed by atoms with Crippen molar-refractivity contribution < 1.29 is 8.78 Å². The van der Waals surface area contributed by atoms with Crippen LogP contribution in [0, 0.1) is 23.5 Å². The third-order valence-electron chi connectivity index (χ3n) is 2.58. The summed E-state index contributed by atoms with van der Waals surface area (Å²) in [5, 5.41) is 3.10. The standard InChI is InChI=1S/C14H16BrF2N/c1-3-5-6-7-13(18-4-2)14-11(16)8-10(15)9-12(14)17/h8-9,13,18H,4,6-7H2,1-2H3. The SMILES string of the molecule is CC#CCCC(NCC)c1c(F)cc(Br)cc1F. The van der Waals surface area contributed by atoms with Crippen molar-refractivity contribution in [1.29, 1.82) is 0 Å². The highest BCUT2D eigenvalue weighted by molar-refractivity contribution is 9.10. The first kappa shape index (κ1) is 15.1. The van der Waals surface area contributed by atoms with Crippen molar-refractivity contribution in [2.75, 3.05) is 6.54 Å². The van der Waals surface area contributed by atoms with Gasteiger partial charge in [-0.05, 0) is 32.0 Å². The van der Waals surface area contributed by atoms with Crippen LogP contribution in [0.5, 0.6) is 0 Å². The quantitative estimate of drug-likeness (QED) is 0.804. The first-order valence-electron chi connectivity index (χ1n) is 5.87. The minimum Gasteiger partial charge on any atom is -0.310 e. The number of hydrogen-bond acceptors (Lipinski definition) is 1. The molecule has 1 N–H and O–H groups in total. The Bertz CT molecular complexity index is 440. The molecule has 0 saturated heterocycles. The molecule has 1 aromatic rings. The highest BCUT2D eigenvalue weighted by Crippen LogP contribution is 2.27. The maximum Gasteiger partial charge on any atom is 0.132 e. The average molecular weight is 316 g/mol. The van der Waals surface area contributed by atoms with Gasteiger partial charge in [-0.1, -0.05) is 22.9 Å². The lowest BCUT2D eigenvalue weighted by Crippen LogP contribution is -2.23. The maximum atomic E-state index is 13.8. The topological polar surface area (TPSA) is 12.0 Å². The molecule has 0 fully saturated rings. The molecule has 0 aliphatic heterocycles. The van der Waals surface area contributed by atoms with E-state index in [0.717, 1.165) is 0 Å². The van der Waals surface area contributed by atoms with Gasteiger partial charge in [0.15, 0.2) is 0 Å². The van der Waals surface area contributed by atoms with E-state index in [4.69, 9.17) is 0 Å². The van der Waals surface area contributed by atoms with Crippen LogP contribution in [0.25, 0.3) is 0 Å². The summed E-state index contributed by atoms with van der Waals surface area (Å²) in [4.78, 5) is 0.